The number of benzene rings is 2. The Morgan fingerprint density at radius 3 is 2.68 bits per heavy atom. The van der Waals surface area contributed by atoms with Crippen LogP contribution in [0.15, 0.2) is 72.2 Å². The van der Waals surface area contributed by atoms with Crippen molar-refractivity contribution in [3.63, 3.8) is 0 Å². The summed E-state index contributed by atoms with van der Waals surface area (Å²) in [5.41, 5.74) is 10.0. The van der Waals surface area contributed by atoms with Gasteiger partial charge >= 0.3 is 6.03 Å². The molecule has 4 rings (SSSR count). The first-order valence-corrected chi connectivity index (χ1v) is 9.65. The van der Waals surface area contributed by atoms with Crippen LogP contribution < -0.4 is 15.7 Å². The van der Waals surface area contributed by atoms with Crippen LogP contribution >= 0.6 is 28.3 Å². The highest BCUT2D eigenvalue weighted by Crippen LogP contribution is 2.34. The number of nitrogens with zero attached hydrogens (tertiary/aromatic N) is 2. The summed E-state index contributed by atoms with van der Waals surface area (Å²) in [5.74, 6) is 0. The Labute approximate surface area is 178 Å². The monoisotopic (exact) mass is 456 g/mol. The number of para-hydroxylation sites is 1. The van der Waals surface area contributed by atoms with Gasteiger partial charge in [-0.05, 0) is 30.5 Å². The Bertz CT molecular complexity index is 1060. The topological polar surface area (TPSA) is 58.4 Å². The number of nitrogens with one attached hydrogen (secondary N) is 2. The van der Waals surface area contributed by atoms with Crippen molar-refractivity contribution in [1.29, 1.82) is 0 Å². The highest BCUT2D eigenvalue weighted by atomic mass is 79.9. The van der Waals surface area contributed by atoms with E-state index in [1.807, 2.05) is 36.4 Å². The zero-order valence-electron chi connectivity index (χ0n) is 15.2. The fourth-order valence-electron chi connectivity index (χ4n) is 3.29. The molecule has 5 nitrogen and oxygen atoms in total. The van der Waals surface area contributed by atoms with Gasteiger partial charge in [-0.3, -0.25) is 5.43 Å². The molecule has 0 saturated carbocycles. The number of hydrogen-bond acceptors (Lipinski definition) is 3. The van der Waals surface area contributed by atoms with Crippen LogP contribution in [0.4, 0.5) is 10.5 Å². The van der Waals surface area contributed by atoms with Crippen molar-refractivity contribution in [3.05, 3.63) is 82.5 Å². The molecule has 0 saturated heterocycles. The van der Waals surface area contributed by atoms with Crippen molar-refractivity contribution in [2.75, 3.05) is 5.43 Å². The molecule has 144 valence electrons. The summed E-state index contributed by atoms with van der Waals surface area (Å²) in [7, 11) is 0. The number of urea groups is 1. The van der Waals surface area contributed by atoms with Gasteiger partial charge in [0, 0.05) is 17.0 Å². The number of rotatable bonds is 4. The van der Waals surface area contributed by atoms with E-state index in [0.29, 0.717) is 11.3 Å². The minimum atomic E-state index is -0.427. The molecular formula is C21H21BrN4OS. The molecule has 1 heterocycles. The molecule has 0 fully saturated rings. The van der Waals surface area contributed by atoms with E-state index in [1.54, 1.807) is 11.3 Å². The van der Waals surface area contributed by atoms with Crippen LogP contribution in [0.1, 0.15) is 10.4 Å². The standard InChI is InChI=1S/C21H20N4OS.BrH/c1-2-14-25-19-17-11-7-6-8-15(17)12-13-18(19)27-21(25)22-20(26)24-23-16-9-4-3-5-10-16;/h2-11,23H,1,12-14H2,(H,24,26);1H/b22-21-;. The second kappa shape index (κ2) is 9.03. The van der Waals surface area contributed by atoms with Gasteiger partial charge in [0.2, 0.25) is 0 Å². The van der Waals surface area contributed by atoms with Gasteiger partial charge in [-0.25, -0.2) is 10.2 Å². The number of hydrogen-bond donors (Lipinski definition) is 2. The normalized spacial score (nSPS) is 12.4. The average molecular weight is 457 g/mol. The maximum Gasteiger partial charge on any atom is 0.362 e. The molecule has 0 aliphatic heterocycles. The lowest BCUT2D eigenvalue weighted by molar-refractivity contribution is 0.250. The van der Waals surface area contributed by atoms with E-state index in [4.69, 9.17) is 0 Å². The van der Waals surface area contributed by atoms with Crippen molar-refractivity contribution in [2.24, 2.45) is 4.99 Å². The molecule has 0 bridgehead atoms. The second-order valence-corrected chi connectivity index (χ2v) is 7.31. The van der Waals surface area contributed by atoms with Gasteiger partial charge < -0.3 is 4.57 Å². The number of anilines is 1. The van der Waals surface area contributed by atoms with Crippen LogP contribution in [0, 0.1) is 0 Å². The average Bonchev–Trinajstić information content (AvgIpc) is 3.05. The highest BCUT2D eigenvalue weighted by molar-refractivity contribution is 8.93. The summed E-state index contributed by atoms with van der Waals surface area (Å²) in [5, 5.41) is 0. The molecule has 0 spiro atoms. The SMILES string of the molecule is Br.C=CCn1c2c(s/c1=N\C(=O)NNc1ccccc1)CCc1ccccc1-2. The predicted molar refractivity (Wildman–Crippen MR) is 120 cm³/mol. The van der Waals surface area contributed by atoms with E-state index >= 15 is 0 Å². The molecule has 0 radical (unpaired) electrons. The number of carbonyl (C=O) groups is 1. The quantitative estimate of drug-likeness (QED) is 0.440. The molecule has 2 aromatic carbocycles. The highest BCUT2D eigenvalue weighted by Gasteiger charge is 2.22. The van der Waals surface area contributed by atoms with Crippen LogP contribution in [0.2, 0.25) is 0 Å². The minimum absolute atomic E-state index is 0. The molecule has 1 aliphatic rings. The van der Waals surface area contributed by atoms with Gasteiger partial charge in [-0.15, -0.1) is 34.9 Å². The second-order valence-electron chi connectivity index (χ2n) is 6.25. The first kappa shape index (κ1) is 20.1. The van der Waals surface area contributed by atoms with Gasteiger partial charge in [-0.2, -0.15) is 4.99 Å². The van der Waals surface area contributed by atoms with Crippen molar-refractivity contribution in [3.8, 4) is 11.3 Å². The number of amides is 2. The minimum Gasteiger partial charge on any atom is -0.312 e. The molecule has 2 amide bonds. The smallest absolute Gasteiger partial charge is 0.312 e. The molecular weight excluding hydrogens is 436 g/mol. The largest absolute Gasteiger partial charge is 0.362 e. The predicted octanol–water partition coefficient (Wildman–Crippen LogP) is 4.72. The third-order valence-electron chi connectivity index (χ3n) is 4.47. The van der Waals surface area contributed by atoms with Gasteiger partial charge in [0.15, 0.2) is 4.80 Å². The van der Waals surface area contributed by atoms with Crippen LogP contribution in [0.5, 0.6) is 0 Å². The van der Waals surface area contributed by atoms with Crippen LogP contribution in [-0.4, -0.2) is 10.6 Å². The molecule has 7 heteroatoms. The maximum atomic E-state index is 12.3. The number of aromatic nitrogens is 1. The zero-order valence-corrected chi connectivity index (χ0v) is 17.8. The number of aryl methyl sites for hydroxylation is 2. The van der Waals surface area contributed by atoms with E-state index in [9.17, 15) is 4.79 Å². The fourth-order valence-corrected chi connectivity index (χ4v) is 4.43. The molecule has 3 aromatic rings. The number of thiazole rings is 1. The Hall–Kier alpha value is -2.64. The number of fused-ring (bicyclic) bond motifs is 3. The first-order chi connectivity index (χ1) is 13.3. The molecule has 0 unspecified atom stereocenters. The van der Waals surface area contributed by atoms with E-state index in [0.717, 1.165) is 24.2 Å². The van der Waals surface area contributed by atoms with E-state index < -0.39 is 6.03 Å². The van der Waals surface area contributed by atoms with Gasteiger partial charge in [0.1, 0.15) is 0 Å². The number of halogens is 1. The summed E-state index contributed by atoms with van der Waals surface area (Å²) in [6, 6.07) is 17.5. The summed E-state index contributed by atoms with van der Waals surface area (Å²) in [4.78, 5) is 18.6. The van der Waals surface area contributed by atoms with Crippen LogP contribution in [0.3, 0.4) is 0 Å². The number of carbonyl (C=O) groups excluding carboxylic acids is 1. The Morgan fingerprint density at radius 1 is 1.14 bits per heavy atom. The van der Waals surface area contributed by atoms with Crippen molar-refractivity contribution in [1.82, 2.24) is 9.99 Å². The molecule has 1 aliphatic carbocycles. The molecule has 0 atom stereocenters. The summed E-state index contributed by atoms with van der Waals surface area (Å²) in [6.07, 6.45) is 3.82. The fraction of sp³-hybridized carbons (Fsp3) is 0.143. The summed E-state index contributed by atoms with van der Waals surface area (Å²) >= 11 is 1.58. The zero-order chi connectivity index (χ0) is 18.6. The summed E-state index contributed by atoms with van der Waals surface area (Å²) < 4.78 is 2.08. The van der Waals surface area contributed by atoms with Gasteiger partial charge in [0.25, 0.3) is 0 Å². The molecule has 2 N–H and O–H groups in total. The third kappa shape index (κ3) is 4.10. The molecule has 28 heavy (non-hydrogen) atoms. The lowest BCUT2D eigenvalue weighted by Gasteiger charge is -2.18. The summed E-state index contributed by atoms with van der Waals surface area (Å²) in [6.45, 7) is 4.48. The first-order valence-electron chi connectivity index (χ1n) is 8.83. The van der Waals surface area contributed by atoms with Crippen molar-refractivity contribution >= 4 is 40.0 Å². The van der Waals surface area contributed by atoms with Crippen molar-refractivity contribution < 1.29 is 4.79 Å². The third-order valence-corrected chi connectivity index (χ3v) is 5.61. The van der Waals surface area contributed by atoms with Crippen LogP contribution in [-0.2, 0) is 19.4 Å². The Morgan fingerprint density at radius 2 is 1.89 bits per heavy atom. The number of allylic oxidation sites excluding steroid dienone is 1. The number of hydrazine groups is 1. The lowest BCUT2D eigenvalue weighted by atomic mass is 9.93. The maximum absolute atomic E-state index is 12.3. The van der Waals surface area contributed by atoms with Gasteiger partial charge in [-0.1, -0.05) is 48.5 Å². The van der Waals surface area contributed by atoms with Gasteiger partial charge in [0.05, 0.1) is 11.4 Å². The Balaban J connectivity index is 0.00000225. The lowest BCUT2D eigenvalue weighted by Crippen LogP contribution is -2.29. The molecule has 1 aromatic heterocycles. The van der Waals surface area contributed by atoms with Crippen LogP contribution in [0.25, 0.3) is 11.3 Å². The van der Waals surface area contributed by atoms with E-state index in [2.05, 4.69) is 51.3 Å². The van der Waals surface area contributed by atoms with Crippen molar-refractivity contribution in [2.45, 2.75) is 19.4 Å². The Kier molecular flexibility index (Phi) is 6.49. The van der Waals surface area contributed by atoms with E-state index in [-0.39, 0.29) is 17.0 Å². The van der Waals surface area contributed by atoms with E-state index in [1.165, 1.54) is 16.0 Å².